The smallest absolute Gasteiger partial charge is 0.0121 e. The molecule has 1 fully saturated rings. The van der Waals surface area contributed by atoms with Crippen LogP contribution in [0.25, 0.3) is 0 Å². The lowest BCUT2D eigenvalue weighted by Crippen LogP contribution is -2.42. The Hall–Kier alpha value is -0.300. The molecule has 76 valence electrons. The van der Waals surface area contributed by atoms with Crippen molar-refractivity contribution in [2.75, 3.05) is 0 Å². The Balaban J connectivity index is 2.39. The van der Waals surface area contributed by atoms with Gasteiger partial charge in [0, 0.05) is 12.1 Å². The summed E-state index contributed by atoms with van der Waals surface area (Å²) >= 11 is 0. The van der Waals surface area contributed by atoms with Crippen molar-refractivity contribution < 1.29 is 0 Å². The maximum absolute atomic E-state index is 3.77. The summed E-state index contributed by atoms with van der Waals surface area (Å²) in [5, 5.41) is 3.70. The average molecular weight is 181 g/mol. The zero-order chi connectivity index (χ0) is 9.90. The summed E-state index contributed by atoms with van der Waals surface area (Å²) in [6.45, 7) is 10.8. The van der Waals surface area contributed by atoms with Crippen molar-refractivity contribution in [1.29, 1.82) is 0 Å². The highest BCUT2D eigenvalue weighted by atomic mass is 15.0. The summed E-state index contributed by atoms with van der Waals surface area (Å²) in [6, 6.07) is 1.29. The standard InChI is InChI=1S/C12H23N/c1-5-7-10(2)13-11-8-6-9-12(11,3)4/h5,10-11,13H,1,6-9H2,2-4H3. The molecule has 1 saturated carbocycles. The van der Waals surface area contributed by atoms with Crippen molar-refractivity contribution in [1.82, 2.24) is 5.32 Å². The number of nitrogens with one attached hydrogen (secondary N) is 1. The van der Waals surface area contributed by atoms with Crippen LogP contribution < -0.4 is 5.32 Å². The van der Waals surface area contributed by atoms with Gasteiger partial charge in [-0.2, -0.15) is 0 Å². The summed E-state index contributed by atoms with van der Waals surface area (Å²) in [5.74, 6) is 0. The van der Waals surface area contributed by atoms with Crippen molar-refractivity contribution in [2.24, 2.45) is 5.41 Å². The van der Waals surface area contributed by atoms with Crippen LogP contribution in [-0.4, -0.2) is 12.1 Å². The minimum absolute atomic E-state index is 0.495. The van der Waals surface area contributed by atoms with Gasteiger partial charge in [0.2, 0.25) is 0 Å². The van der Waals surface area contributed by atoms with E-state index in [9.17, 15) is 0 Å². The lowest BCUT2D eigenvalue weighted by Gasteiger charge is -2.30. The van der Waals surface area contributed by atoms with Crippen LogP contribution in [-0.2, 0) is 0 Å². The Morgan fingerprint density at radius 3 is 2.77 bits per heavy atom. The van der Waals surface area contributed by atoms with Gasteiger partial charge in [-0.1, -0.05) is 26.3 Å². The number of hydrogen-bond donors (Lipinski definition) is 1. The molecule has 0 spiro atoms. The van der Waals surface area contributed by atoms with Gasteiger partial charge in [0.1, 0.15) is 0 Å². The van der Waals surface area contributed by atoms with E-state index in [-0.39, 0.29) is 0 Å². The van der Waals surface area contributed by atoms with E-state index >= 15 is 0 Å². The molecule has 2 atom stereocenters. The normalized spacial score (nSPS) is 28.7. The predicted octanol–water partition coefficient (Wildman–Crippen LogP) is 3.12. The van der Waals surface area contributed by atoms with Gasteiger partial charge in [0.15, 0.2) is 0 Å². The van der Waals surface area contributed by atoms with E-state index < -0.39 is 0 Å². The monoisotopic (exact) mass is 181 g/mol. The average Bonchev–Trinajstić information content (AvgIpc) is 2.31. The van der Waals surface area contributed by atoms with Gasteiger partial charge < -0.3 is 5.32 Å². The highest BCUT2D eigenvalue weighted by Crippen LogP contribution is 2.37. The first-order chi connectivity index (χ1) is 6.06. The lowest BCUT2D eigenvalue weighted by molar-refractivity contribution is 0.265. The molecule has 0 aromatic rings. The van der Waals surface area contributed by atoms with E-state index in [0.717, 1.165) is 6.42 Å². The Bertz CT molecular complexity index is 172. The number of rotatable bonds is 4. The van der Waals surface area contributed by atoms with Crippen LogP contribution in [0.2, 0.25) is 0 Å². The van der Waals surface area contributed by atoms with Crippen molar-refractivity contribution in [3.8, 4) is 0 Å². The van der Waals surface area contributed by atoms with E-state index in [1.807, 2.05) is 6.08 Å². The van der Waals surface area contributed by atoms with Crippen LogP contribution in [0, 0.1) is 5.41 Å². The van der Waals surface area contributed by atoms with Crippen LogP contribution in [0.15, 0.2) is 12.7 Å². The first-order valence-electron chi connectivity index (χ1n) is 5.43. The van der Waals surface area contributed by atoms with Crippen LogP contribution in [0.5, 0.6) is 0 Å². The molecule has 0 aliphatic heterocycles. The third-order valence-corrected chi connectivity index (χ3v) is 3.26. The van der Waals surface area contributed by atoms with Crippen molar-refractivity contribution >= 4 is 0 Å². The lowest BCUT2D eigenvalue weighted by atomic mass is 9.87. The molecule has 1 rings (SSSR count). The van der Waals surface area contributed by atoms with E-state index in [0.29, 0.717) is 17.5 Å². The largest absolute Gasteiger partial charge is 0.311 e. The summed E-state index contributed by atoms with van der Waals surface area (Å²) in [4.78, 5) is 0. The predicted molar refractivity (Wildman–Crippen MR) is 58.8 cm³/mol. The fraction of sp³-hybridized carbons (Fsp3) is 0.833. The van der Waals surface area contributed by atoms with Gasteiger partial charge >= 0.3 is 0 Å². The zero-order valence-electron chi connectivity index (χ0n) is 9.27. The molecule has 1 N–H and O–H groups in total. The first kappa shape index (κ1) is 10.8. The Kier molecular flexibility index (Phi) is 3.55. The first-order valence-corrected chi connectivity index (χ1v) is 5.43. The van der Waals surface area contributed by atoms with Gasteiger partial charge in [-0.25, -0.2) is 0 Å². The van der Waals surface area contributed by atoms with Crippen LogP contribution in [0.1, 0.15) is 46.5 Å². The zero-order valence-corrected chi connectivity index (χ0v) is 9.27. The molecule has 1 aliphatic carbocycles. The van der Waals surface area contributed by atoms with E-state index in [1.165, 1.54) is 19.3 Å². The van der Waals surface area contributed by atoms with Crippen molar-refractivity contribution in [2.45, 2.75) is 58.5 Å². The Morgan fingerprint density at radius 2 is 2.31 bits per heavy atom. The molecule has 1 nitrogen and oxygen atoms in total. The van der Waals surface area contributed by atoms with Gasteiger partial charge in [0.05, 0.1) is 0 Å². The second-order valence-corrected chi connectivity index (χ2v) is 5.03. The van der Waals surface area contributed by atoms with Crippen molar-refractivity contribution in [3.63, 3.8) is 0 Å². The molecular weight excluding hydrogens is 158 g/mol. The maximum Gasteiger partial charge on any atom is 0.0121 e. The summed E-state index contributed by atoms with van der Waals surface area (Å²) in [5.41, 5.74) is 0.495. The third kappa shape index (κ3) is 2.84. The van der Waals surface area contributed by atoms with Gasteiger partial charge in [-0.05, 0) is 31.6 Å². The minimum atomic E-state index is 0.495. The highest BCUT2D eigenvalue weighted by molar-refractivity contribution is 4.92. The SMILES string of the molecule is C=CCC(C)NC1CCCC1(C)C. The molecule has 0 bridgehead atoms. The fourth-order valence-corrected chi connectivity index (χ4v) is 2.30. The van der Waals surface area contributed by atoms with Gasteiger partial charge in [-0.15, -0.1) is 6.58 Å². The molecule has 0 amide bonds. The molecule has 0 heterocycles. The van der Waals surface area contributed by atoms with Gasteiger partial charge in [0.25, 0.3) is 0 Å². The molecule has 1 heteroatoms. The topological polar surface area (TPSA) is 12.0 Å². The maximum atomic E-state index is 3.77. The highest BCUT2D eigenvalue weighted by Gasteiger charge is 2.34. The van der Waals surface area contributed by atoms with Crippen LogP contribution in [0.4, 0.5) is 0 Å². The summed E-state index contributed by atoms with van der Waals surface area (Å²) < 4.78 is 0. The van der Waals surface area contributed by atoms with Crippen LogP contribution in [0.3, 0.4) is 0 Å². The Morgan fingerprint density at radius 1 is 1.62 bits per heavy atom. The molecular formula is C12H23N. The molecule has 2 unspecified atom stereocenters. The van der Waals surface area contributed by atoms with Crippen LogP contribution >= 0.6 is 0 Å². The van der Waals surface area contributed by atoms with E-state index in [2.05, 4.69) is 32.7 Å². The second-order valence-electron chi connectivity index (χ2n) is 5.03. The molecule has 0 aromatic carbocycles. The summed E-state index contributed by atoms with van der Waals surface area (Å²) in [6.07, 6.45) is 7.16. The molecule has 13 heavy (non-hydrogen) atoms. The van der Waals surface area contributed by atoms with E-state index in [1.54, 1.807) is 0 Å². The molecule has 0 aromatic heterocycles. The van der Waals surface area contributed by atoms with Gasteiger partial charge in [-0.3, -0.25) is 0 Å². The molecule has 0 radical (unpaired) electrons. The van der Waals surface area contributed by atoms with Crippen molar-refractivity contribution in [3.05, 3.63) is 12.7 Å². The Labute approximate surface area is 82.6 Å². The number of hydrogen-bond acceptors (Lipinski definition) is 1. The quantitative estimate of drug-likeness (QED) is 0.657. The fourth-order valence-electron chi connectivity index (χ4n) is 2.30. The van der Waals surface area contributed by atoms with E-state index in [4.69, 9.17) is 0 Å². The summed E-state index contributed by atoms with van der Waals surface area (Å²) in [7, 11) is 0. The molecule has 0 saturated heterocycles. The minimum Gasteiger partial charge on any atom is -0.311 e. The third-order valence-electron chi connectivity index (χ3n) is 3.26. The second kappa shape index (κ2) is 4.28. The molecule has 1 aliphatic rings.